The topological polar surface area (TPSA) is 218 Å². The number of rotatable bonds is 31. The van der Waals surface area contributed by atoms with Gasteiger partial charge >= 0.3 is 12.1 Å². The van der Waals surface area contributed by atoms with Gasteiger partial charge in [-0.25, -0.2) is 35.9 Å². The molecule has 0 aromatic heterocycles. The van der Waals surface area contributed by atoms with Gasteiger partial charge in [0.1, 0.15) is 0 Å². The Balaban J connectivity index is 0.782. The van der Waals surface area contributed by atoms with E-state index in [-0.39, 0.29) is 108 Å². The third-order valence-electron chi connectivity index (χ3n) is 11.8. The van der Waals surface area contributed by atoms with Crippen molar-refractivity contribution in [3.63, 3.8) is 0 Å². The Morgan fingerprint density at radius 2 is 1.14 bits per heavy atom. The Bertz CT molecular complexity index is 2630. The average molecular weight is 1150 g/mol. The summed E-state index contributed by atoms with van der Waals surface area (Å²) in [6.07, 6.45) is 6.16. The molecular formula is C50H68Cl4N8O10S2. The fourth-order valence-corrected chi connectivity index (χ4v) is 11.1. The highest BCUT2D eigenvalue weighted by molar-refractivity contribution is 7.92. The molecule has 5 rings (SSSR count). The first-order chi connectivity index (χ1) is 35.4. The van der Waals surface area contributed by atoms with Crippen LogP contribution < -0.4 is 30.7 Å². The minimum Gasteiger partial charge on any atom is -0.378 e. The Morgan fingerprint density at radius 1 is 0.635 bits per heavy atom. The van der Waals surface area contributed by atoms with E-state index in [4.69, 9.17) is 65.4 Å². The van der Waals surface area contributed by atoms with Gasteiger partial charge in [0, 0.05) is 103 Å². The van der Waals surface area contributed by atoms with Crippen LogP contribution in [0.3, 0.4) is 0 Å². The molecule has 2 heterocycles. The smallest absolute Gasteiger partial charge is 0.314 e. The van der Waals surface area contributed by atoms with Gasteiger partial charge < -0.3 is 50.0 Å². The maximum atomic E-state index is 13.1. The van der Waals surface area contributed by atoms with E-state index in [2.05, 4.69) is 47.1 Å². The van der Waals surface area contributed by atoms with Crippen LogP contribution in [-0.4, -0.2) is 158 Å². The second kappa shape index (κ2) is 31.4. The van der Waals surface area contributed by atoms with Crippen LogP contribution in [0.5, 0.6) is 0 Å². The van der Waals surface area contributed by atoms with E-state index in [1.807, 2.05) is 32.3 Å². The largest absolute Gasteiger partial charge is 0.378 e. The summed E-state index contributed by atoms with van der Waals surface area (Å²) < 4.78 is 78.0. The number of urea groups is 2. The quantitative estimate of drug-likeness (QED) is 0.0306. The average Bonchev–Trinajstić information content (AvgIpc) is 3.35. The highest BCUT2D eigenvalue weighted by atomic mass is 35.5. The number of unbranched alkanes of at least 4 members (excludes halogenated alkanes) is 1. The predicted octanol–water partition coefficient (Wildman–Crippen LogP) is 6.38. The maximum Gasteiger partial charge on any atom is 0.314 e. The second-order valence-corrected chi connectivity index (χ2v) is 22.7. The number of allylic oxidation sites excluding steroid dienone is 3. The first kappa shape index (κ1) is 61.0. The standard InChI is InChI=1S/C50H68Cl4N8O10S2/c1-36(43-32-61(2)34-45-41(43)28-38(51)30-47(45)53)9-4-7-26-73(65,66)59-16-20-71-24-22-69-18-14-57-49(63)55-12-5-6-13-56-50(64)58-15-19-70-23-25-72-21-17-60-74(67,68)40-11-8-10-37(27-40)44-33-62(3)35-46-42(44)29-39(52)31-48(46)54/h4,7-11,26-31,43-44,59-60H,1,5-6,12-25,32-35H2,2-3H3,(H2,55,57,63)(H2,56,58,64)/b9-4-,26-7+. The lowest BCUT2D eigenvalue weighted by atomic mass is 9.85. The molecule has 408 valence electrons. The van der Waals surface area contributed by atoms with Gasteiger partial charge in [-0.2, -0.15) is 0 Å². The monoisotopic (exact) mass is 1140 g/mol. The molecule has 2 aliphatic heterocycles. The molecule has 0 spiro atoms. The van der Waals surface area contributed by atoms with Crippen LogP contribution in [0.4, 0.5) is 9.59 Å². The molecule has 2 unspecified atom stereocenters. The SMILES string of the molecule is C=C(/C=C\C=C\S(=O)(=O)NCCOCCOCCNC(=O)NCCCCNC(=O)NCCOCCOCCNS(=O)(=O)c1cccc(C2CN(C)Cc3c(Cl)cc(Cl)cc32)c1)C1CN(C)Cc2c(Cl)cc(Cl)cc21. The lowest BCUT2D eigenvalue weighted by molar-refractivity contribution is 0.0516. The van der Waals surface area contributed by atoms with Crippen LogP contribution in [0.2, 0.25) is 20.1 Å². The van der Waals surface area contributed by atoms with Crippen molar-refractivity contribution >= 4 is 78.5 Å². The molecule has 0 radical (unpaired) electrons. The Labute approximate surface area is 455 Å². The highest BCUT2D eigenvalue weighted by Gasteiger charge is 2.29. The lowest BCUT2D eigenvalue weighted by Crippen LogP contribution is -2.39. The summed E-state index contributed by atoms with van der Waals surface area (Å²) in [5.41, 5.74) is 5.67. The molecule has 24 heteroatoms. The van der Waals surface area contributed by atoms with Crippen LogP contribution in [0.1, 0.15) is 52.5 Å². The fraction of sp³-hybridized carbons (Fsp3) is 0.480. The first-order valence-electron chi connectivity index (χ1n) is 24.2. The van der Waals surface area contributed by atoms with Gasteiger partial charge in [-0.15, -0.1) is 0 Å². The third-order valence-corrected chi connectivity index (χ3v) is 15.4. The number of hydrogen-bond donors (Lipinski definition) is 6. The van der Waals surface area contributed by atoms with E-state index < -0.39 is 20.0 Å². The number of fused-ring (bicyclic) bond motifs is 2. The Kier molecular flexibility index (Phi) is 25.9. The summed E-state index contributed by atoms with van der Waals surface area (Å²) in [7, 11) is -3.47. The Hall–Kier alpha value is -3.84. The molecule has 3 aromatic carbocycles. The van der Waals surface area contributed by atoms with Gasteiger partial charge in [-0.05, 0) is 103 Å². The van der Waals surface area contributed by atoms with Crippen molar-refractivity contribution in [3.8, 4) is 0 Å². The lowest BCUT2D eigenvalue weighted by Gasteiger charge is -2.33. The van der Waals surface area contributed by atoms with Gasteiger partial charge in [0.2, 0.25) is 20.0 Å². The first-order valence-corrected chi connectivity index (χ1v) is 28.8. The highest BCUT2D eigenvalue weighted by Crippen LogP contribution is 2.40. The summed E-state index contributed by atoms with van der Waals surface area (Å²) in [6.45, 7) is 10.5. The molecule has 2 atom stereocenters. The van der Waals surface area contributed by atoms with E-state index in [1.165, 1.54) is 6.08 Å². The van der Waals surface area contributed by atoms with Crippen molar-refractivity contribution in [1.29, 1.82) is 0 Å². The molecule has 6 N–H and O–H groups in total. The zero-order valence-electron chi connectivity index (χ0n) is 41.7. The number of ether oxygens (including phenoxy) is 4. The Morgan fingerprint density at radius 3 is 1.72 bits per heavy atom. The minimum atomic E-state index is -3.79. The van der Waals surface area contributed by atoms with Crippen LogP contribution in [0, 0.1) is 0 Å². The number of hydrogen-bond acceptors (Lipinski definition) is 12. The zero-order chi connectivity index (χ0) is 53.5. The molecule has 0 saturated heterocycles. The van der Waals surface area contributed by atoms with E-state index in [9.17, 15) is 26.4 Å². The van der Waals surface area contributed by atoms with Crippen molar-refractivity contribution < 1.29 is 45.4 Å². The molecule has 18 nitrogen and oxygen atoms in total. The van der Waals surface area contributed by atoms with Gasteiger partial charge in [0.05, 0.1) is 57.8 Å². The molecule has 4 amide bonds. The van der Waals surface area contributed by atoms with Crippen molar-refractivity contribution in [1.82, 2.24) is 40.5 Å². The van der Waals surface area contributed by atoms with Crippen LogP contribution >= 0.6 is 46.4 Å². The summed E-state index contributed by atoms with van der Waals surface area (Å²) in [4.78, 5) is 28.6. The maximum absolute atomic E-state index is 13.1. The van der Waals surface area contributed by atoms with Crippen LogP contribution in [0.25, 0.3) is 0 Å². The fourth-order valence-electron chi connectivity index (χ4n) is 8.17. The summed E-state index contributed by atoms with van der Waals surface area (Å²) in [6, 6.07) is 13.5. The summed E-state index contributed by atoms with van der Waals surface area (Å²) in [5.74, 6) is -0.128. The zero-order valence-corrected chi connectivity index (χ0v) is 46.4. The predicted molar refractivity (Wildman–Crippen MR) is 291 cm³/mol. The van der Waals surface area contributed by atoms with Crippen LogP contribution in [-0.2, 0) is 52.1 Å². The van der Waals surface area contributed by atoms with Crippen molar-refractivity contribution in [3.05, 3.63) is 132 Å². The number of amides is 4. The number of nitrogens with one attached hydrogen (secondary N) is 6. The van der Waals surface area contributed by atoms with Crippen LogP contribution in [0.15, 0.2) is 89.2 Å². The molecule has 3 aromatic rings. The number of carbonyl (C=O) groups excluding carboxylic acids is 2. The van der Waals surface area contributed by atoms with E-state index in [0.29, 0.717) is 65.7 Å². The number of halogens is 4. The molecule has 0 saturated carbocycles. The number of sulfonamides is 2. The molecule has 0 aliphatic carbocycles. The van der Waals surface area contributed by atoms with Gasteiger partial charge in [0.15, 0.2) is 0 Å². The second-order valence-electron chi connectivity index (χ2n) is 17.6. The van der Waals surface area contributed by atoms with E-state index in [1.54, 1.807) is 42.5 Å². The number of benzene rings is 3. The third kappa shape index (κ3) is 20.9. The van der Waals surface area contributed by atoms with Gasteiger partial charge in [-0.1, -0.05) is 77.3 Å². The van der Waals surface area contributed by atoms with E-state index in [0.717, 1.165) is 45.3 Å². The molecule has 2 aliphatic rings. The molecule has 0 bridgehead atoms. The van der Waals surface area contributed by atoms with Gasteiger partial charge in [0.25, 0.3) is 0 Å². The summed E-state index contributed by atoms with van der Waals surface area (Å²) >= 11 is 25.6. The molecule has 0 fully saturated rings. The van der Waals surface area contributed by atoms with Crippen molar-refractivity contribution in [2.75, 3.05) is 119 Å². The van der Waals surface area contributed by atoms with Crippen molar-refractivity contribution in [2.24, 2.45) is 0 Å². The minimum absolute atomic E-state index is 0.0323. The number of nitrogens with zero attached hydrogens (tertiary/aromatic N) is 2. The molecule has 74 heavy (non-hydrogen) atoms. The number of carbonyl (C=O) groups is 2. The number of likely N-dealkylation sites (N-methyl/N-ethyl adjacent to an activating group) is 2. The molecular weight excluding hydrogens is 1080 g/mol. The van der Waals surface area contributed by atoms with Gasteiger partial charge in [-0.3, -0.25) is 0 Å². The van der Waals surface area contributed by atoms with Crippen molar-refractivity contribution in [2.45, 2.75) is 42.7 Å². The summed E-state index contributed by atoms with van der Waals surface area (Å²) in [5, 5.41) is 14.3. The normalized spacial score (nSPS) is 16.3. The van der Waals surface area contributed by atoms with E-state index >= 15 is 0 Å².